The number of aliphatic hydroxyl groups excluding tert-OH is 1. The highest BCUT2D eigenvalue weighted by molar-refractivity contribution is 7.91. The van der Waals surface area contributed by atoms with Crippen molar-refractivity contribution < 1.29 is 49.4 Å². The smallest absolute Gasteiger partial charge is 0.404 e. The topological polar surface area (TPSA) is 148 Å². The molecule has 42 heavy (non-hydrogen) atoms. The number of sulfonamides is 1. The van der Waals surface area contributed by atoms with E-state index in [0.717, 1.165) is 18.3 Å². The Labute approximate surface area is 237 Å². The first-order valence-corrected chi connectivity index (χ1v) is 13.9. The van der Waals surface area contributed by atoms with Crippen molar-refractivity contribution in [1.29, 1.82) is 0 Å². The average molecular weight is 639 g/mol. The second kappa shape index (κ2) is 10.8. The van der Waals surface area contributed by atoms with E-state index in [9.17, 15) is 44.7 Å². The van der Waals surface area contributed by atoms with Gasteiger partial charge >= 0.3 is 18.4 Å². The zero-order valence-electron chi connectivity index (χ0n) is 21.6. The Morgan fingerprint density at radius 1 is 1.07 bits per heavy atom. The maximum absolute atomic E-state index is 13.8. The number of anilines is 1. The minimum atomic E-state index is -4.98. The predicted molar refractivity (Wildman–Crippen MR) is 136 cm³/mol. The molecule has 4 aromatic rings. The van der Waals surface area contributed by atoms with Gasteiger partial charge in [0.25, 0.3) is 10.0 Å². The average Bonchev–Trinajstić information content (AvgIpc) is 3.45. The van der Waals surface area contributed by atoms with E-state index in [1.165, 1.54) is 20.8 Å². The number of hydrogen-bond acceptors (Lipinski definition) is 9. The van der Waals surface area contributed by atoms with E-state index < -0.39 is 63.3 Å². The van der Waals surface area contributed by atoms with E-state index in [1.807, 2.05) is 0 Å². The first-order valence-electron chi connectivity index (χ1n) is 11.6. The fraction of sp³-hybridized carbons (Fsp3) is 0.304. The summed E-state index contributed by atoms with van der Waals surface area (Å²) in [7, 11) is -4.15. The molecule has 0 spiro atoms. The number of benzene rings is 1. The largest absolute Gasteiger partial charge is 0.433 e. The molecule has 1 aromatic carbocycles. The van der Waals surface area contributed by atoms with Crippen LogP contribution >= 0.6 is 11.3 Å². The molecule has 1 amide bonds. The molecule has 0 bridgehead atoms. The van der Waals surface area contributed by atoms with Crippen molar-refractivity contribution in [3.63, 3.8) is 0 Å². The minimum absolute atomic E-state index is 0.00481. The van der Waals surface area contributed by atoms with Crippen LogP contribution in [0.2, 0.25) is 0 Å². The van der Waals surface area contributed by atoms with Crippen LogP contribution in [-0.4, -0.2) is 51.3 Å². The molecule has 19 heteroatoms. The molecule has 0 aliphatic heterocycles. The van der Waals surface area contributed by atoms with E-state index >= 15 is 0 Å². The summed E-state index contributed by atoms with van der Waals surface area (Å²) in [5, 5.41) is 14.9. The number of rotatable bonds is 7. The normalized spacial score (nSPS) is 13.0. The Bertz CT molecular complexity index is 1750. The van der Waals surface area contributed by atoms with Gasteiger partial charge < -0.3 is 9.84 Å². The van der Waals surface area contributed by atoms with Gasteiger partial charge in [0, 0.05) is 5.56 Å². The number of ether oxygens (including phenoxy) is 1. The monoisotopic (exact) mass is 638 g/mol. The lowest BCUT2D eigenvalue weighted by Crippen LogP contribution is -2.46. The molecule has 11 nitrogen and oxygen atoms in total. The summed E-state index contributed by atoms with van der Waals surface area (Å²) in [6.07, 6.45) is -10.1. The molecule has 0 saturated carbocycles. The number of fused-ring (bicyclic) bond motifs is 1. The number of carbonyl (C=O) groups excluding carboxylic acids is 1. The number of nitrogens with zero attached hydrogens (tertiary/aromatic N) is 4. The van der Waals surface area contributed by atoms with Crippen molar-refractivity contribution in [3.05, 3.63) is 53.5 Å². The number of nitrogens with one attached hydrogen (secondary N) is 2. The van der Waals surface area contributed by atoms with E-state index in [-0.39, 0.29) is 26.3 Å². The van der Waals surface area contributed by atoms with Crippen molar-refractivity contribution >= 4 is 38.2 Å². The van der Waals surface area contributed by atoms with Gasteiger partial charge in [0.2, 0.25) is 0 Å². The number of alkyl halides is 6. The number of aliphatic hydroxyl groups is 1. The SMILES string of the molecule is Cc1nc(NC(=O)Oc2cnn3c(C(F)(F)F)cc(-c4ccc(C(F)(F)F)cc4)nc23)sc1S(=O)(=O)NC(C)(C)CO. The van der Waals surface area contributed by atoms with Crippen LogP contribution in [0.15, 0.2) is 40.7 Å². The summed E-state index contributed by atoms with van der Waals surface area (Å²) in [6.45, 7) is 3.72. The molecule has 0 aliphatic carbocycles. The first-order chi connectivity index (χ1) is 19.3. The molecule has 3 N–H and O–H groups in total. The summed E-state index contributed by atoms with van der Waals surface area (Å²) >= 11 is 0.550. The Kier molecular flexibility index (Phi) is 8.00. The fourth-order valence-corrected chi connectivity index (χ4v) is 6.34. The molecule has 0 radical (unpaired) electrons. The molecule has 226 valence electrons. The number of hydrogen-bond donors (Lipinski definition) is 3. The van der Waals surface area contributed by atoms with Gasteiger partial charge in [-0.2, -0.15) is 31.4 Å². The van der Waals surface area contributed by atoms with Crippen molar-refractivity contribution in [1.82, 2.24) is 24.3 Å². The quantitative estimate of drug-likeness (QED) is 0.243. The van der Waals surface area contributed by atoms with Crippen LogP contribution < -0.4 is 14.8 Å². The zero-order valence-corrected chi connectivity index (χ0v) is 23.3. The van der Waals surface area contributed by atoms with Crippen LogP contribution in [0.25, 0.3) is 16.9 Å². The van der Waals surface area contributed by atoms with E-state index in [0.29, 0.717) is 34.1 Å². The van der Waals surface area contributed by atoms with E-state index in [2.05, 4.69) is 25.1 Å². The predicted octanol–water partition coefficient (Wildman–Crippen LogP) is 4.86. The van der Waals surface area contributed by atoms with Crippen molar-refractivity contribution in [2.24, 2.45) is 0 Å². The van der Waals surface area contributed by atoms with E-state index in [1.54, 1.807) is 0 Å². The maximum Gasteiger partial charge on any atom is 0.433 e. The molecule has 0 aliphatic rings. The molecule has 0 saturated heterocycles. The lowest BCUT2D eigenvalue weighted by Gasteiger charge is -2.22. The highest BCUT2D eigenvalue weighted by Crippen LogP contribution is 2.36. The second-order valence-electron chi connectivity index (χ2n) is 9.40. The van der Waals surface area contributed by atoms with Gasteiger partial charge in [-0.15, -0.1) is 0 Å². The summed E-state index contributed by atoms with van der Waals surface area (Å²) in [6, 6.07) is 3.83. The van der Waals surface area contributed by atoms with Gasteiger partial charge in [-0.25, -0.2) is 32.4 Å². The van der Waals surface area contributed by atoms with Gasteiger partial charge in [-0.05, 0) is 39.0 Å². The molecular weight excluding hydrogens is 618 g/mol. The van der Waals surface area contributed by atoms with Gasteiger partial charge in [0.15, 0.2) is 26.4 Å². The number of thiazole rings is 1. The molecular formula is C23H20F6N6O5S2. The highest BCUT2D eigenvalue weighted by atomic mass is 32.2. The number of halogens is 6. The Balaban J connectivity index is 1.64. The van der Waals surface area contributed by atoms with Crippen LogP contribution in [0.4, 0.5) is 36.3 Å². The van der Waals surface area contributed by atoms with Gasteiger partial charge in [-0.3, -0.25) is 5.32 Å². The van der Waals surface area contributed by atoms with Crippen LogP contribution in [0.1, 0.15) is 30.8 Å². The van der Waals surface area contributed by atoms with Crippen LogP contribution in [0, 0.1) is 6.92 Å². The van der Waals surface area contributed by atoms with Crippen molar-refractivity contribution in [3.8, 4) is 17.0 Å². The summed E-state index contributed by atoms with van der Waals surface area (Å²) in [5.74, 6) is -0.542. The second-order valence-corrected chi connectivity index (χ2v) is 12.3. The molecule has 0 fully saturated rings. The Morgan fingerprint density at radius 2 is 1.71 bits per heavy atom. The highest BCUT2D eigenvalue weighted by Gasteiger charge is 2.36. The molecule has 0 atom stereocenters. The summed E-state index contributed by atoms with van der Waals surface area (Å²) < 4.78 is 113. The third kappa shape index (κ3) is 6.63. The number of aryl methyl sites for hydroxylation is 1. The Morgan fingerprint density at radius 3 is 2.29 bits per heavy atom. The van der Waals surface area contributed by atoms with Gasteiger partial charge in [0.1, 0.15) is 0 Å². The molecule has 4 rings (SSSR count). The maximum atomic E-state index is 13.8. The summed E-state index contributed by atoms with van der Waals surface area (Å²) in [5.41, 5.74) is -4.60. The first kappa shape index (κ1) is 31.1. The zero-order chi connectivity index (χ0) is 31.3. The van der Waals surface area contributed by atoms with Gasteiger partial charge in [0.05, 0.1) is 35.3 Å². The number of amides is 1. The van der Waals surface area contributed by atoms with Crippen LogP contribution in [-0.2, 0) is 22.4 Å². The van der Waals surface area contributed by atoms with Crippen LogP contribution in [0.5, 0.6) is 5.75 Å². The third-order valence-corrected chi connectivity index (χ3v) is 8.83. The van der Waals surface area contributed by atoms with Crippen LogP contribution in [0.3, 0.4) is 0 Å². The standard InChI is InChI=1S/C23H20F6N6O5S2/c1-11-18(42(38,39)34-21(2,3)10-36)41-19(31-11)33-20(37)40-15-9-30-35-16(23(27,28)29)8-14(32-17(15)35)12-4-6-13(7-5-12)22(24,25)26/h4-9,34,36H,10H2,1-3H3,(H,31,33,37). The molecule has 0 unspecified atom stereocenters. The van der Waals surface area contributed by atoms with Crippen molar-refractivity contribution in [2.75, 3.05) is 11.9 Å². The number of carbonyl (C=O) groups is 1. The lowest BCUT2D eigenvalue weighted by molar-refractivity contribution is -0.142. The molecule has 3 heterocycles. The lowest BCUT2D eigenvalue weighted by atomic mass is 10.1. The van der Waals surface area contributed by atoms with Gasteiger partial charge in [-0.1, -0.05) is 23.5 Å². The minimum Gasteiger partial charge on any atom is -0.404 e. The number of aromatic nitrogens is 4. The fourth-order valence-electron chi connectivity index (χ4n) is 3.53. The molecule has 3 aromatic heterocycles. The van der Waals surface area contributed by atoms with Crippen molar-refractivity contribution in [2.45, 2.75) is 42.9 Å². The summed E-state index contributed by atoms with van der Waals surface area (Å²) in [4.78, 5) is 20.5. The van der Waals surface area contributed by atoms with E-state index in [4.69, 9.17) is 4.74 Å². The third-order valence-electron chi connectivity index (χ3n) is 5.45. The Hall–Kier alpha value is -3.81.